The number of carbonyl (C=O) groups is 1. The Balaban J connectivity index is 0.00000144. The molecule has 13 heavy (non-hydrogen) atoms. The Morgan fingerprint density at radius 1 is 1.31 bits per heavy atom. The van der Waals surface area contributed by atoms with Crippen LogP contribution in [0.4, 0.5) is 0 Å². The highest BCUT2D eigenvalue weighted by Gasteiger charge is 2.31. The van der Waals surface area contributed by atoms with Crippen LogP contribution in [0.2, 0.25) is 0 Å². The van der Waals surface area contributed by atoms with Gasteiger partial charge in [-0.25, -0.2) is 0 Å². The molecule has 0 aromatic carbocycles. The van der Waals surface area contributed by atoms with E-state index >= 15 is 0 Å². The lowest BCUT2D eigenvalue weighted by atomic mass is 9.97. The molecule has 1 aliphatic rings. The Labute approximate surface area is 86.3 Å². The lowest BCUT2D eigenvalue weighted by Crippen LogP contribution is -2.56. The van der Waals surface area contributed by atoms with Crippen molar-refractivity contribution in [2.24, 2.45) is 0 Å². The second-order valence-electron chi connectivity index (χ2n) is 3.85. The van der Waals surface area contributed by atoms with E-state index in [1.807, 2.05) is 13.8 Å². The summed E-state index contributed by atoms with van der Waals surface area (Å²) in [6.45, 7) is 9.62. The maximum absolute atomic E-state index is 11.3. The van der Waals surface area contributed by atoms with E-state index in [1.165, 1.54) is 0 Å². The van der Waals surface area contributed by atoms with Gasteiger partial charge >= 0.3 is 0 Å². The molecular formula is C9H19ClN2O. The molecule has 0 aromatic heterocycles. The van der Waals surface area contributed by atoms with Crippen molar-refractivity contribution in [1.29, 1.82) is 0 Å². The van der Waals surface area contributed by atoms with Crippen molar-refractivity contribution in [3.8, 4) is 0 Å². The first kappa shape index (κ1) is 12.9. The molecule has 0 aromatic rings. The number of piperazine rings is 1. The van der Waals surface area contributed by atoms with Gasteiger partial charge in [-0.05, 0) is 20.8 Å². The van der Waals surface area contributed by atoms with E-state index in [0.29, 0.717) is 0 Å². The highest BCUT2D eigenvalue weighted by Crippen LogP contribution is 2.15. The first-order valence-electron chi connectivity index (χ1n) is 4.52. The fourth-order valence-electron chi connectivity index (χ4n) is 1.45. The minimum atomic E-state index is -0.276. The van der Waals surface area contributed by atoms with Gasteiger partial charge in [0.15, 0.2) is 0 Å². The van der Waals surface area contributed by atoms with Crippen molar-refractivity contribution in [3.63, 3.8) is 0 Å². The molecule has 0 atom stereocenters. The zero-order chi connectivity index (χ0) is 9.19. The van der Waals surface area contributed by atoms with E-state index in [9.17, 15) is 4.79 Å². The van der Waals surface area contributed by atoms with Gasteiger partial charge in [0.05, 0.1) is 5.54 Å². The van der Waals surface area contributed by atoms with Gasteiger partial charge in [-0.15, -0.1) is 12.4 Å². The molecule has 1 N–H and O–H groups in total. The molecule has 0 bridgehead atoms. The molecule has 1 rings (SSSR count). The predicted octanol–water partition coefficient (Wildman–Crippen LogP) is 0.681. The molecule has 3 nitrogen and oxygen atoms in total. The molecule has 0 spiro atoms. The van der Waals surface area contributed by atoms with Crippen LogP contribution in [0.3, 0.4) is 0 Å². The quantitative estimate of drug-likeness (QED) is 0.722. The van der Waals surface area contributed by atoms with Crippen LogP contribution in [0.15, 0.2) is 0 Å². The maximum atomic E-state index is 11.3. The van der Waals surface area contributed by atoms with Crippen LogP contribution in [0.1, 0.15) is 20.8 Å². The van der Waals surface area contributed by atoms with Crippen LogP contribution in [0, 0.1) is 0 Å². The average Bonchev–Trinajstić information content (AvgIpc) is 2.06. The topological polar surface area (TPSA) is 32.3 Å². The van der Waals surface area contributed by atoms with Crippen LogP contribution in [-0.2, 0) is 4.79 Å². The molecule has 0 radical (unpaired) electrons. The van der Waals surface area contributed by atoms with Crippen molar-refractivity contribution >= 4 is 18.2 Å². The number of hydrogen-bond donors (Lipinski definition) is 1. The van der Waals surface area contributed by atoms with Gasteiger partial charge in [0.25, 0.3) is 0 Å². The van der Waals surface area contributed by atoms with E-state index in [0.717, 1.165) is 26.2 Å². The minimum absolute atomic E-state index is 0. The number of hydrogen-bond acceptors (Lipinski definition) is 3. The van der Waals surface area contributed by atoms with Gasteiger partial charge < -0.3 is 5.32 Å². The Bertz CT molecular complexity index is 176. The summed E-state index contributed by atoms with van der Waals surface area (Å²) in [6.07, 6.45) is 0. The van der Waals surface area contributed by atoms with Gasteiger partial charge in [-0.2, -0.15) is 0 Å². The van der Waals surface area contributed by atoms with Crippen LogP contribution in [-0.4, -0.2) is 42.4 Å². The van der Waals surface area contributed by atoms with Crippen molar-refractivity contribution in [1.82, 2.24) is 10.2 Å². The maximum Gasteiger partial charge on any atom is 0.149 e. The van der Waals surface area contributed by atoms with Gasteiger partial charge in [0, 0.05) is 26.2 Å². The number of rotatable bonds is 2. The van der Waals surface area contributed by atoms with Gasteiger partial charge in [0.1, 0.15) is 5.78 Å². The fourth-order valence-corrected chi connectivity index (χ4v) is 1.45. The Kier molecular flexibility index (Phi) is 4.89. The van der Waals surface area contributed by atoms with E-state index < -0.39 is 0 Å². The third kappa shape index (κ3) is 2.93. The minimum Gasteiger partial charge on any atom is -0.314 e. The molecule has 0 amide bonds. The molecule has 0 unspecified atom stereocenters. The van der Waals surface area contributed by atoms with E-state index in [2.05, 4.69) is 10.2 Å². The highest BCUT2D eigenvalue weighted by atomic mass is 35.5. The molecule has 0 saturated carbocycles. The zero-order valence-electron chi connectivity index (χ0n) is 8.59. The first-order chi connectivity index (χ1) is 5.55. The molecular weight excluding hydrogens is 188 g/mol. The number of carbonyl (C=O) groups excluding carboxylic acids is 1. The second kappa shape index (κ2) is 4.94. The third-order valence-corrected chi connectivity index (χ3v) is 2.77. The summed E-state index contributed by atoms with van der Waals surface area (Å²) in [4.78, 5) is 13.5. The number of nitrogens with zero attached hydrogens (tertiary/aromatic N) is 1. The predicted molar refractivity (Wildman–Crippen MR) is 56.5 cm³/mol. The largest absolute Gasteiger partial charge is 0.314 e. The summed E-state index contributed by atoms with van der Waals surface area (Å²) >= 11 is 0. The third-order valence-electron chi connectivity index (χ3n) is 2.77. The summed E-state index contributed by atoms with van der Waals surface area (Å²) < 4.78 is 0. The number of ketones is 1. The molecule has 1 heterocycles. The highest BCUT2D eigenvalue weighted by molar-refractivity contribution is 5.85. The van der Waals surface area contributed by atoms with Crippen molar-refractivity contribution in [2.45, 2.75) is 26.3 Å². The summed E-state index contributed by atoms with van der Waals surface area (Å²) in [6, 6.07) is 0. The molecule has 78 valence electrons. The molecule has 1 aliphatic heterocycles. The van der Waals surface area contributed by atoms with Crippen molar-refractivity contribution in [3.05, 3.63) is 0 Å². The van der Waals surface area contributed by atoms with E-state index in [1.54, 1.807) is 6.92 Å². The second-order valence-corrected chi connectivity index (χ2v) is 3.85. The summed E-state index contributed by atoms with van der Waals surface area (Å²) in [5.74, 6) is 0.254. The van der Waals surface area contributed by atoms with Crippen LogP contribution < -0.4 is 5.32 Å². The smallest absolute Gasteiger partial charge is 0.149 e. The summed E-state index contributed by atoms with van der Waals surface area (Å²) in [5, 5.41) is 3.27. The summed E-state index contributed by atoms with van der Waals surface area (Å²) in [5.41, 5.74) is -0.276. The Morgan fingerprint density at radius 2 is 1.77 bits per heavy atom. The van der Waals surface area contributed by atoms with Gasteiger partial charge in [-0.1, -0.05) is 0 Å². The van der Waals surface area contributed by atoms with E-state index in [4.69, 9.17) is 0 Å². The Hall–Kier alpha value is -0.120. The fraction of sp³-hybridized carbons (Fsp3) is 0.889. The average molecular weight is 207 g/mol. The van der Waals surface area contributed by atoms with Gasteiger partial charge in [-0.3, -0.25) is 9.69 Å². The molecule has 4 heteroatoms. The zero-order valence-corrected chi connectivity index (χ0v) is 9.41. The van der Waals surface area contributed by atoms with Gasteiger partial charge in [0.2, 0.25) is 0 Å². The standard InChI is InChI=1S/C9H18N2O.ClH/c1-8(12)9(2,3)11-6-4-10-5-7-11;/h10H,4-7H2,1-3H3;1H. The molecule has 0 aliphatic carbocycles. The number of nitrogens with one attached hydrogen (secondary N) is 1. The Morgan fingerprint density at radius 3 is 2.15 bits per heavy atom. The van der Waals surface area contributed by atoms with Crippen LogP contribution in [0.25, 0.3) is 0 Å². The van der Waals surface area contributed by atoms with E-state index in [-0.39, 0.29) is 23.7 Å². The van der Waals surface area contributed by atoms with Crippen LogP contribution >= 0.6 is 12.4 Å². The summed E-state index contributed by atoms with van der Waals surface area (Å²) in [7, 11) is 0. The lowest BCUT2D eigenvalue weighted by molar-refractivity contribution is -0.127. The normalized spacial score (nSPS) is 19.3. The van der Waals surface area contributed by atoms with Crippen molar-refractivity contribution in [2.75, 3.05) is 26.2 Å². The first-order valence-corrected chi connectivity index (χ1v) is 4.52. The number of Topliss-reactive ketones (excluding diaryl/α,β-unsaturated/α-hetero) is 1. The number of halogens is 1. The molecule has 1 saturated heterocycles. The SMILES string of the molecule is CC(=O)C(C)(C)N1CCNCC1.Cl. The molecule has 1 fully saturated rings. The van der Waals surface area contributed by atoms with Crippen molar-refractivity contribution < 1.29 is 4.79 Å². The lowest BCUT2D eigenvalue weighted by Gasteiger charge is -2.39. The monoisotopic (exact) mass is 206 g/mol. The van der Waals surface area contributed by atoms with Crippen LogP contribution in [0.5, 0.6) is 0 Å².